The summed E-state index contributed by atoms with van der Waals surface area (Å²) < 4.78 is 49.6. The number of aryl methyl sites for hydroxylation is 1. The van der Waals surface area contributed by atoms with Crippen LogP contribution in [0.5, 0.6) is 11.5 Å². The Labute approximate surface area is 163 Å². The fourth-order valence-corrected chi connectivity index (χ4v) is 3.62. The molecule has 1 aliphatic rings. The van der Waals surface area contributed by atoms with Crippen LogP contribution in [0.4, 0.5) is 18.9 Å². The van der Waals surface area contributed by atoms with E-state index in [-0.39, 0.29) is 0 Å². The average molecular weight is 395 g/mol. The second kappa shape index (κ2) is 8.31. The summed E-state index contributed by atoms with van der Waals surface area (Å²) in [5.41, 5.74) is 2.38. The molecule has 0 aliphatic carbocycles. The Morgan fingerprint density at radius 2 is 1.64 bits per heavy atom. The lowest BCUT2D eigenvalue weighted by molar-refractivity contribution is -0.914. The van der Waals surface area contributed by atoms with E-state index in [1.54, 1.807) is 20.3 Å². The SMILES string of the molecule is COc1cc(C)c(C[NH+]2CCN(c3cccc(C(F)(F)F)c3)CC2)cc1OC. The maximum Gasteiger partial charge on any atom is 0.416 e. The summed E-state index contributed by atoms with van der Waals surface area (Å²) in [6, 6.07) is 9.57. The molecule has 1 heterocycles. The number of anilines is 1. The number of quaternary nitrogens is 1. The summed E-state index contributed by atoms with van der Waals surface area (Å²) in [4.78, 5) is 3.43. The third-order valence-corrected chi connectivity index (χ3v) is 5.29. The van der Waals surface area contributed by atoms with Crippen LogP contribution >= 0.6 is 0 Å². The molecule has 3 rings (SSSR count). The van der Waals surface area contributed by atoms with Crippen molar-refractivity contribution in [3.05, 3.63) is 53.1 Å². The summed E-state index contributed by atoms with van der Waals surface area (Å²) in [5, 5.41) is 0. The van der Waals surface area contributed by atoms with E-state index in [9.17, 15) is 13.2 Å². The number of rotatable bonds is 5. The number of hydrogen-bond acceptors (Lipinski definition) is 3. The molecule has 0 amide bonds. The molecule has 2 aromatic rings. The minimum absolute atomic E-state index is 0.597. The second-order valence-electron chi connectivity index (χ2n) is 7.10. The number of ether oxygens (including phenoxy) is 2. The Kier molecular flexibility index (Phi) is 6.03. The molecule has 1 aliphatic heterocycles. The van der Waals surface area contributed by atoms with Gasteiger partial charge in [0.25, 0.3) is 0 Å². The van der Waals surface area contributed by atoms with Crippen molar-refractivity contribution in [3.8, 4) is 11.5 Å². The summed E-state index contributed by atoms with van der Waals surface area (Å²) in [6.07, 6.45) is -4.31. The monoisotopic (exact) mass is 395 g/mol. The molecule has 1 N–H and O–H groups in total. The van der Waals surface area contributed by atoms with Crippen LogP contribution in [0.2, 0.25) is 0 Å². The molecule has 152 valence electrons. The van der Waals surface area contributed by atoms with Gasteiger partial charge in [0.05, 0.1) is 46.0 Å². The molecule has 0 unspecified atom stereocenters. The summed E-state index contributed by atoms with van der Waals surface area (Å²) >= 11 is 0. The Bertz CT molecular complexity index is 816. The maximum atomic E-state index is 13.0. The third kappa shape index (κ3) is 4.52. The second-order valence-corrected chi connectivity index (χ2v) is 7.10. The van der Waals surface area contributed by atoms with Crippen LogP contribution in [0.15, 0.2) is 36.4 Å². The number of hydrogen-bond donors (Lipinski definition) is 1. The summed E-state index contributed by atoms with van der Waals surface area (Å²) in [7, 11) is 3.24. The van der Waals surface area contributed by atoms with E-state index in [1.165, 1.54) is 22.6 Å². The molecule has 7 heteroatoms. The average Bonchev–Trinajstić information content (AvgIpc) is 2.69. The number of benzene rings is 2. The molecule has 2 aromatic carbocycles. The number of nitrogens with zero attached hydrogens (tertiary/aromatic N) is 1. The highest BCUT2D eigenvalue weighted by Gasteiger charge is 2.31. The smallest absolute Gasteiger partial charge is 0.416 e. The van der Waals surface area contributed by atoms with Crippen molar-refractivity contribution in [1.82, 2.24) is 0 Å². The highest BCUT2D eigenvalue weighted by atomic mass is 19.4. The van der Waals surface area contributed by atoms with Crippen molar-refractivity contribution in [2.24, 2.45) is 0 Å². The van der Waals surface area contributed by atoms with Gasteiger partial charge in [0.2, 0.25) is 0 Å². The number of alkyl halides is 3. The standard InChI is InChI=1S/C21H25F3N2O2/c1-15-11-19(27-2)20(28-3)12-16(15)14-25-7-9-26(10-8-25)18-6-4-5-17(13-18)21(22,23)24/h4-6,11-13H,7-10,14H2,1-3H3/p+1. The van der Waals surface area contributed by atoms with Gasteiger partial charge in [-0.3, -0.25) is 0 Å². The summed E-state index contributed by atoms with van der Waals surface area (Å²) in [5.74, 6) is 1.43. The van der Waals surface area contributed by atoms with Crippen LogP contribution in [-0.2, 0) is 12.7 Å². The van der Waals surface area contributed by atoms with E-state index in [0.717, 1.165) is 44.4 Å². The molecule has 0 bridgehead atoms. The minimum atomic E-state index is -4.31. The van der Waals surface area contributed by atoms with Gasteiger partial charge in [-0.15, -0.1) is 0 Å². The van der Waals surface area contributed by atoms with Crippen LogP contribution in [0.3, 0.4) is 0 Å². The number of halogens is 3. The predicted molar refractivity (Wildman–Crippen MR) is 102 cm³/mol. The van der Waals surface area contributed by atoms with Crippen molar-refractivity contribution in [3.63, 3.8) is 0 Å². The van der Waals surface area contributed by atoms with Crippen molar-refractivity contribution in [1.29, 1.82) is 0 Å². The highest BCUT2D eigenvalue weighted by Crippen LogP contribution is 2.32. The topological polar surface area (TPSA) is 26.1 Å². The van der Waals surface area contributed by atoms with Crippen molar-refractivity contribution in [2.45, 2.75) is 19.6 Å². The maximum absolute atomic E-state index is 13.0. The van der Waals surface area contributed by atoms with Gasteiger partial charge in [0, 0.05) is 11.3 Å². The Hall–Kier alpha value is -2.41. The van der Waals surface area contributed by atoms with Crippen molar-refractivity contribution in [2.75, 3.05) is 45.3 Å². The van der Waals surface area contributed by atoms with Gasteiger partial charge < -0.3 is 19.3 Å². The molecule has 4 nitrogen and oxygen atoms in total. The lowest BCUT2D eigenvalue weighted by atomic mass is 10.1. The van der Waals surface area contributed by atoms with Crippen LogP contribution in [0, 0.1) is 6.92 Å². The van der Waals surface area contributed by atoms with Gasteiger partial charge in [-0.1, -0.05) is 6.07 Å². The Morgan fingerprint density at radius 3 is 2.25 bits per heavy atom. The molecule has 0 aromatic heterocycles. The summed E-state index contributed by atoms with van der Waals surface area (Å²) in [6.45, 7) is 6.08. The largest absolute Gasteiger partial charge is 0.493 e. The quantitative estimate of drug-likeness (QED) is 0.843. The van der Waals surface area contributed by atoms with E-state index in [4.69, 9.17) is 9.47 Å². The lowest BCUT2D eigenvalue weighted by Gasteiger charge is -2.34. The van der Waals surface area contributed by atoms with Gasteiger partial charge in [0.1, 0.15) is 6.54 Å². The fraction of sp³-hybridized carbons (Fsp3) is 0.429. The predicted octanol–water partition coefficient (Wildman–Crippen LogP) is 2.94. The molecule has 1 saturated heterocycles. The van der Waals surface area contributed by atoms with Crippen molar-refractivity contribution >= 4 is 5.69 Å². The molecule has 0 radical (unpaired) electrons. The minimum Gasteiger partial charge on any atom is -0.493 e. The molecule has 1 fully saturated rings. The van der Waals surface area contributed by atoms with Gasteiger partial charge in [0.15, 0.2) is 11.5 Å². The molecule has 0 atom stereocenters. The van der Waals surface area contributed by atoms with E-state index >= 15 is 0 Å². The first kappa shape index (κ1) is 20.3. The number of piperazine rings is 1. The first-order valence-electron chi connectivity index (χ1n) is 9.29. The van der Waals surface area contributed by atoms with Crippen LogP contribution < -0.4 is 19.3 Å². The Balaban J connectivity index is 1.65. The van der Waals surface area contributed by atoms with Crippen LogP contribution in [0.1, 0.15) is 16.7 Å². The van der Waals surface area contributed by atoms with Crippen LogP contribution in [0.25, 0.3) is 0 Å². The van der Waals surface area contributed by atoms with Gasteiger partial charge in [-0.05, 0) is 42.8 Å². The van der Waals surface area contributed by atoms with Crippen LogP contribution in [-0.4, -0.2) is 40.4 Å². The first-order chi connectivity index (χ1) is 13.3. The Morgan fingerprint density at radius 1 is 1.00 bits per heavy atom. The first-order valence-corrected chi connectivity index (χ1v) is 9.29. The zero-order valence-electron chi connectivity index (χ0n) is 16.4. The number of methoxy groups -OCH3 is 2. The van der Waals surface area contributed by atoms with Crippen molar-refractivity contribution < 1.29 is 27.5 Å². The van der Waals surface area contributed by atoms with E-state index < -0.39 is 11.7 Å². The lowest BCUT2D eigenvalue weighted by Crippen LogP contribution is -3.13. The molecule has 28 heavy (non-hydrogen) atoms. The molecular formula is C21H26F3N2O2+. The normalized spacial score (nSPS) is 15.6. The highest BCUT2D eigenvalue weighted by molar-refractivity contribution is 5.49. The van der Waals surface area contributed by atoms with Gasteiger partial charge in [-0.25, -0.2) is 0 Å². The zero-order valence-corrected chi connectivity index (χ0v) is 16.4. The van der Waals surface area contributed by atoms with Gasteiger partial charge >= 0.3 is 6.18 Å². The number of nitrogens with one attached hydrogen (secondary N) is 1. The molecule has 0 saturated carbocycles. The van der Waals surface area contributed by atoms with E-state index in [0.29, 0.717) is 17.2 Å². The van der Waals surface area contributed by atoms with Gasteiger partial charge in [-0.2, -0.15) is 13.2 Å². The third-order valence-electron chi connectivity index (χ3n) is 5.29. The van der Waals surface area contributed by atoms with E-state index in [1.807, 2.05) is 17.0 Å². The zero-order chi connectivity index (χ0) is 20.3. The fourth-order valence-electron chi connectivity index (χ4n) is 3.62. The molecular weight excluding hydrogens is 369 g/mol. The molecule has 0 spiro atoms. The van der Waals surface area contributed by atoms with E-state index in [2.05, 4.69) is 6.92 Å².